The summed E-state index contributed by atoms with van der Waals surface area (Å²) in [6.45, 7) is 4.80. The lowest BCUT2D eigenvalue weighted by atomic mass is 10.2. The quantitative estimate of drug-likeness (QED) is 0.332. The fourth-order valence-electron chi connectivity index (χ4n) is 1.89. The smallest absolute Gasteiger partial charge is 0.173 e. The number of anilines is 1. The van der Waals surface area contributed by atoms with Gasteiger partial charge in [0.1, 0.15) is 5.82 Å². The average molecular weight is 265 g/mol. The van der Waals surface area contributed by atoms with Crippen molar-refractivity contribution in [1.82, 2.24) is 9.88 Å². The lowest BCUT2D eigenvalue weighted by molar-refractivity contribution is 0.318. The second-order valence-corrected chi connectivity index (χ2v) is 4.60. The normalized spacial score (nSPS) is 11.9. The van der Waals surface area contributed by atoms with E-state index in [1.165, 1.54) is 0 Å². The first-order chi connectivity index (χ1) is 9.10. The SMILES string of the molecule is CCN(CCCN(C)C)c1ncccc1/C(N)=N/O. The van der Waals surface area contributed by atoms with Crippen LogP contribution in [-0.4, -0.2) is 54.7 Å². The summed E-state index contributed by atoms with van der Waals surface area (Å²) in [7, 11) is 4.11. The molecule has 3 N–H and O–H groups in total. The summed E-state index contributed by atoms with van der Waals surface area (Å²) in [4.78, 5) is 8.64. The molecule has 0 bridgehead atoms. The van der Waals surface area contributed by atoms with E-state index >= 15 is 0 Å². The highest BCUT2D eigenvalue weighted by Crippen LogP contribution is 2.17. The van der Waals surface area contributed by atoms with Crippen LogP contribution in [0.1, 0.15) is 18.9 Å². The van der Waals surface area contributed by atoms with E-state index < -0.39 is 0 Å². The van der Waals surface area contributed by atoms with Gasteiger partial charge in [-0.2, -0.15) is 0 Å². The van der Waals surface area contributed by atoms with Crippen LogP contribution in [0.5, 0.6) is 0 Å². The van der Waals surface area contributed by atoms with Crippen molar-refractivity contribution in [2.24, 2.45) is 10.9 Å². The van der Waals surface area contributed by atoms with Gasteiger partial charge in [-0.05, 0) is 46.1 Å². The van der Waals surface area contributed by atoms with Crippen molar-refractivity contribution in [2.45, 2.75) is 13.3 Å². The molecule has 1 rings (SSSR count). The molecule has 1 aromatic heterocycles. The summed E-state index contributed by atoms with van der Waals surface area (Å²) in [6.07, 6.45) is 2.76. The fourth-order valence-corrected chi connectivity index (χ4v) is 1.89. The van der Waals surface area contributed by atoms with Gasteiger partial charge in [0.05, 0.1) is 5.56 Å². The maximum Gasteiger partial charge on any atom is 0.173 e. The molecule has 0 saturated heterocycles. The first kappa shape index (κ1) is 15.2. The molecule has 6 heteroatoms. The van der Waals surface area contributed by atoms with Crippen LogP contribution in [0.15, 0.2) is 23.5 Å². The lowest BCUT2D eigenvalue weighted by Crippen LogP contribution is -2.30. The number of aromatic nitrogens is 1. The summed E-state index contributed by atoms with van der Waals surface area (Å²) < 4.78 is 0. The lowest BCUT2D eigenvalue weighted by Gasteiger charge is -2.24. The predicted octanol–water partition coefficient (Wildman–Crippen LogP) is 0.954. The third-order valence-corrected chi connectivity index (χ3v) is 2.88. The Hall–Kier alpha value is -1.82. The molecule has 1 aromatic rings. The average Bonchev–Trinajstić information content (AvgIpc) is 2.42. The van der Waals surface area contributed by atoms with Gasteiger partial charge in [0.25, 0.3) is 0 Å². The number of nitrogens with two attached hydrogens (primary N) is 1. The fraction of sp³-hybridized carbons (Fsp3) is 0.538. The number of hydrogen-bond donors (Lipinski definition) is 2. The first-order valence-electron chi connectivity index (χ1n) is 6.42. The molecule has 1 heterocycles. The summed E-state index contributed by atoms with van der Waals surface area (Å²) in [5.41, 5.74) is 6.35. The van der Waals surface area contributed by atoms with Crippen LogP contribution in [0.2, 0.25) is 0 Å². The third-order valence-electron chi connectivity index (χ3n) is 2.88. The van der Waals surface area contributed by atoms with Crippen LogP contribution in [0, 0.1) is 0 Å². The van der Waals surface area contributed by atoms with E-state index in [0.29, 0.717) is 5.56 Å². The minimum Gasteiger partial charge on any atom is -0.409 e. The number of oxime groups is 1. The monoisotopic (exact) mass is 265 g/mol. The van der Waals surface area contributed by atoms with Gasteiger partial charge >= 0.3 is 0 Å². The van der Waals surface area contributed by atoms with E-state index in [1.807, 2.05) is 6.07 Å². The summed E-state index contributed by atoms with van der Waals surface area (Å²) >= 11 is 0. The first-order valence-corrected chi connectivity index (χ1v) is 6.42. The Balaban J connectivity index is 2.86. The Morgan fingerprint density at radius 3 is 2.74 bits per heavy atom. The molecule has 0 spiro atoms. The minimum atomic E-state index is 0.0918. The number of rotatable bonds is 7. The number of nitrogens with zero attached hydrogens (tertiary/aromatic N) is 4. The van der Waals surface area contributed by atoms with Crippen molar-refractivity contribution in [3.63, 3.8) is 0 Å². The zero-order chi connectivity index (χ0) is 14.3. The summed E-state index contributed by atoms with van der Waals surface area (Å²) in [6, 6.07) is 3.59. The highest BCUT2D eigenvalue weighted by molar-refractivity contribution is 6.01. The third kappa shape index (κ3) is 4.40. The van der Waals surface area contributed by atoms with Gasteiger partial charge in [0.2, 0.25) is 0 Å². The largest absolute Gasteiger partial charge is 0.409 e. The van der Waals surface area contributed by atoms with E-state index in [4.69, 9.17) is 10.9 Å². The maximum absolute atomic E-state index is 8.83. The predicted molar refractivity (Wildman–Crippen MR) is 77.8 cm³/mol. The van der Waals surface area contributed by atoms with Crippen molar-refractivity contribution in [3.05, 3.63) is 23.9 Å². The molecule has 0 amide bonds. The van der Waals surface area contributed by atoms with Crippen molar-refractivity contribution in [3.8, 4) is 0 Å². The summed E-state index contributed by atoms with van der Waals surface area (Å²) in [5, 5.41) is 11.9. The molecule has 0 unspecified atom stereocenters. The molecule has 0 aliphatic rings. The van der Waals surface area contributed by atoms with Gasteiger partial charge < -0.3 is 20.7 Å². The Kier molecular flexibility index (Phi) is 6.08. The van der Waals surface area contributed by atoms with E-state index in [2.05, 4.69) is 41.0 Å². The van der Waals surface area contributed by atoms with E-state index in [0.717, 1.165) is 31.9 Å². The topological polar surface area (TPSA) is 78.0 Å². The van der Waals surface area contributed by atoms with E-state index in [9.17, 15) is 0 Å². The minimum absolute atomic E-state index is 0.0918. The van der Waals surface area contributed by atoms with Crippen LogP contribution >= 0.6 is 0 Å². The molecule has 106 valence electrons. The molecular formula is C13H23N5O. The summed E-state index contributed by atoms with van der Waals surface area (Å²) in [5.74, 6) is 0.855. The van der Waals surface area contributed by atoms with Crippen LogP contribution < -0.4 is 10.6 Å². The van der Waals surface area contributed by atoms with Crippen LogP contribution in [0.3, 0.4) is 0 Å². The Bertz CT molecular complexity index is 419. The Morgan fingerprint density at radius 1 is 1.42 bits per heavy atom. The van der Waals surface area contributed by atoms with Gasteiger partial charge in [-0.3, -0.25) is 0 Å². The van der Waals surface area contributed by atoms with Crippen molar-refractivity contribution >= 4 is 11.7 Å². The molecule has 0 atom stereocenters. The second kappa shape index (κ2) is 7.58. The zero-order valence-electron chi connectivity index (χ0n) is 11.9. The van der Waals surface area contributed by atoms with Crippen LogP contribution in [0.4, 0.5) is 5.82 Å². The molecular weight excluding hydrogens is 242 g/mol. The van der Waals surface area contributed by atoms with Gasteiger partial charge in [-0.25, -0.2) is 4.98 Å². The van der Waals surface area contributed by atoms with Gasteiger partial charge in [-0.15, -0.1) is 0 Å². The molecule has 6 nitrogen and oxygen atoms in total. The molecule has 0 aliphatic carbocycles. The maximum atomic E-state index is 8.83. The molecule has 0 fully saturated rings. The van der Waals surface area contributed by atoms with Gasteiger partial charge in [0, 0.05) is 19.3 Å². The van der Waals surface area contributed by atoms with E-state index in [1.54, 1.807) is 12.3 Å². The van der Waals surface area contributed by atoms with Crippen LogP contribution in [-0.2, 0) is 0 Å². The standard InChI is InChI=1S/C13H23N5O/c1-4-18(10-6-9-17(2)3)13-11(12(14)16-19)7-5-8-15-13/h5,7-8,19H,4,6,9-10H2,1-3H3,(H2,14,16). The molecule has 0 radical (unpaired) electrons. The Morgan fingerprint density at radius 2 is 2.16 bits per heavy atom. The van der Waals surface area contributed by atoms with Crippen LogP contribution in [0.25, 0.3) is 0 Å². The number of hydrogen-bond acceptors (Lipinski definition) is 5. The molecule has 0 saturated carbocycles. The van der Waals surface area contributed by atoms with Crippen molar-refractivity contribution in [1.29, 1.82) is 0 Å². The highest BCUT2D eigenvalue weighted by Gasteiger charge is 2.13. The molecule has 19 heavy (non-hydrogen) atoms. The molecule has 0 aliphatic heterocycles. The van der Waals surface area contributed by atoms with Crippen molar-refractivity contribution in [2.75, 3.05) is 38.6 Å². The van der Waals surface area contributed by atoms with E-state index in [-0.39, 0.29) is 5.84 Å². The number of pyridine rings is 1. The number of amidine groups is 1. The van der Waals surface area contributed by atoms with Gasteiger partial charge in [0.15, 0.2) is 5.84 Å². The highest BCUT2D eigenvalue weighted by atomic mass is 16.4. The zero-order valence-corrected chi connectivity index (χ0v) is 11.9. The van der Waals surface area contributed by atoms with Crippen molar-refractivity contribution < 1.29 is 5.21 Å². The second-order valence-electron chi connectivity index (χ2n) is 4.60. The van der Waals surface area contributed by atoms with Gasteiger partial charge in [-0.1, -0.05) is 5.16 Å². The Labute approximate surface area is 114 Å². The molecule has 0 aromatic carbocycles.